The van der Waals surface area contributed by atoms with E-state index in [1.165, 1.54) is 19.3 Å². The zero-order valence-electron chi connectivity index (χ0n) is 8.81. The maximum atomic E-state index is 6.16. The molecule has 2 heteroatoms. The van der Waals surface area contributed by atoms with Gasteiger partial charge in [0.15, 0.2) is 0 Å². The molecule has 1 aliphatic heterocycles. The Kier molecular flexibility index (Phi) is 2.61. The van der Waals surface area contributed by atoms with Crippen LogP contribution < -0.4 is 5.32 Å². The zero-order valence-corrected chi connectivity index (χ0v) is 8.81. The molecule has 2 unspecified atom stereocenters. The monoisotopic (exact) mass is 183 g/mol. The van der Waals surface area contributed by atoms with Gasteiger partial charge in [-0.2, -0.15) is 0 Å². The molecule has 1 heterocycles. The van der Waals surface area contributed by atoms with Crippen molar-refractivity contribution in [3.63, 3.8) is 0 Å². The Morgan fingerprint density at radius 3 is 2.77 bits per heavy atom. The molecule has 1 saturated carbocycles. The Hall–Kier alpha value is -0.0800. The molecule has 2 nitrogen and oxygen atoms in total. The van der Waals surface area contributed by atoms with Crippen molar-refractivity contribution in [1.29, 1.82) is 0 Å². The van der Waals surface area contributed by atoms with Crippen LogP contribution >= 0.6 is 0 Å². The molecule has 13 heavy (non-hydrogen) atoms. The lowest BCUT2D eigenvalue weighted by Crippen LogP contribution is -2.57. The summed E-state index contributed by atoms with van der Waals surface area (Å²) in [6, 6.07) is 0. The van der Waals surface area contributed by atoms with Crippen molar-refractivity contribution in [2.75, 3.05) is 13.1 Å². The first-order valence-electron chi connectivity index (χ1n) is 5.63. The van der Waals surface area contributed by atoms with E-state index >= 15 is 0 Å². The fourth-order valence-corrected chi connectivity index (χ4v) is 2.43. The van der Waals surface area contributed by atoms with Gasteiger partial charge in [0, 0.05) is 13.1 Å². The molecule has 1 N–H and O–H groups in total. The Morgan fingerprint density at radius 1 is 1.46 bits per heavy atom. The summed E-state index contributed by atoms with van der Waals surface area (Å²) in [5, 5.41) is 3.50. The van der Waals surface area contributed by atoms with E-state index in [0.717, 1.165) is 25.4 Å². The third-order valence-electron chi connectivity index (χ3n) is 3.71. The van der Waals surface area contributed by atoms with Crippen LogP contribution in [-0.4, -0.2) is 24.8 Å². The summed E-state index contributed by atoms with van der Waals surface area (Å²) in [6.45, 7) is 6.58. The van der Waals surface area contributed by atoms with Crippen LogP contribution in [0.25, 0.3) is 0 Å². The van der Waals surface area contributed by atoms with Crippen LogP contribution in [0, 0.1) is 5.92 Å². The Bertz CT molecular complexity index is 179. The summed E-state index contributed by atoms with van der Waals surface area (Å²) in [5.41, 5.74) is 0.136. The van der Waals surface area contributed by atoms with Gasteiger partial charge in [-0.3, -0.25) is 0 Å². The van der Waals surface area contributed by atoms with Crippen molar-refractivity contribution < 1.29 is 4.74 Å². The van der Waals surface area contributed by atoms with Crippen molar-refractivity contribution >= 4 is 0 Å². The SMILES string of the molecule is CCC1CNCC(C)(C2CCC2)O1. The van der Waals surface area contributed by atoms with Gasteiger partial charge >= 0.3 is 0 Å². The van der Waals surface area contributed by atoms with Gasteiger partial charge < -0.3 is 10.1 Å². The van der Waals surface area contributed by atoms with Gasteiger partial charge in [0.1, 0.15) is 0 Å². The number of nitrogens with one attached hydrogen (secondary N) is 1. The van der Waals surface area contributed by atoms with Gasteiger partial charge in [-0.25, -0.2) is 0 Å². The first-order valence-corrected chi connectivity index (χ1v) is 5.63. The van der Waals surface area contributed by atoms with E-state index in [2.05, 4.69) is 19.2 Å². The first kappa shape index (κ1) is 9.47. The lowest BCUT2D eigenvalue weighted by molar-refractivity contribution is -0.152. The maximum Gasteiger partial charge on any atom is 0.0810 e. The second kappa shape index (κ2) is 3.58. The van der Waals surface area contributed by atoms with Crippen LogP contribution in [-0.2, 0) is 4.74 Å². The van der Waals surface area contributed by atoms with Crippen molar-refractivity contribution in [3.05, 3.63) is 0 Å². The van der Waals surface area contributed by atoms with Crippen LogP contribution in [0.1, 0.15) is 39.5 Å². The van der Waals surface area contributed by atoms with E-state index in [1.807, 2.05) is 0 Å². The molecule has 0 spiro atoms. The second-order valence-corrected chi connectivity index (χ2v) is 4.72. The van der Waals surface area contributed by atoms with Crippen LogP contribution in [0.15, 0.2) is 0 Å². The van der Waals surface area contributed by atoms with Gasteiger partial charge in [-0.15, -0.1) is 0 Å². The van der Waals surface area contributed by atoms with Crippen LogP contribution in [0.2, 0.25) is 0 Å². The molecule has 0 amide bonds. The van der Waals surface area contributed by atoms with Crippen molar-refractivity contribution in [2.24, 2.45) is 5.92 Å². The van der Waals surface area contributed by atoms with Gasteiger partial charge in [0.05, 0.1) is 11.7 Å². The van der Waals surface area contributed by atoms with Crippen LogP contribution in [0.4, 0.5) is 0 Å². The lowest BCUT2D eigenvalue weighted by Gasteiger charge is -2.47. The number of ether oxygens (including phenoxy) is 1. The summed E-state index contributed by atoms with van der Waals surface area (Å²) < 4.78 is 6.16. The van der Waals surface area contributed by atoms with E-state index in [0.29, 0.717) is 6.10 Å². The minimum atomic E-state index is 0.136. The van der Waals surface area contributed by atoms with E-state index < -0.39 is 0 Å². The molecule has 2 fully saturated rings. The molecule has 2 atom stereocenters. The third kappa shape index (κ3) is 1.75. The normalized spacial score (nSPS) is 41.5. The van der Waals surface area contributed by atoms with Crippen LogP contribution in [0.3, 0.4) is 0 Å². The predicted molar refractivity (Wildman–Crippen MR) is 53.8 cm³/mol. The fraction of sp³-hybridized carbons (Fsp3) is 1.00. The molecule has 0 aromatic rings. The van der Waals surface area contributed by atoms with E-state index in [9.17, 15) is 0 Å². The van der Waals surface area contributed by atoms with E-state index in [-0.39, 0.29) is 5.60 Å². The summed E-state index contributed by atoms with van der Waals surface area (Å²) in [7, 11) is 0. The highest BCUT2D eigenvalue weighted by Crippen LogP contribution is 2.39. The molecule has 76 valence electrons. The lowest BCUT2D eigenvalue weighted by atomic mass is 9.73. The minimum absolute atomic E-state index is 0.136. The topological polar surface area (TPSA) is 21.3 Å². The summed E-state index contributed by atoms with van der Waals surface area (Å²) in [6.07, 6.45) is 5.72. The molecule has 0 aromatic heterocycles. The first-order chi connectivity index (χ1) is 6.24. The van der Waals surface area contributed by atoms with Gasteiger partial charge in [-0.1, -0.05) is 13.3 Å². The predicted octanol–water partition coefficient (Wildman–Crippen LogP) is 1.94. The highest BCUT2D eigenvalue weighted by atomic mass is 16.5. The summed E-state index contributed by atoms with van der Waals surface area (Å²) >= 11 is 0. The van der Waals surface area contributed by atoms with Gasteiger partial charge in [0.2, 0.25) is 0 Å². The second-order valence-electron chi connectivity index (χ2n) is 4.72. The van der Waals surface area contributed by atoms with Crippen LogP contribution in [0.5, 0.6) is 0 Å². The molecule has 0 bridgehead atoms. The molecule has 1 saturated heterocycles. The molecule has 0 aromatic carbocycles. The largest absolute Gasteiger partial charge is 0.369 e. The zero-order chi connectivity index (χ0) is 9.31. The summed E-state index contributed by atoms with van der Waals surface area (Å²) in [4.78, 5) is 0. The maximum absolute atomic E-state index is 6.16. The standard InChI is InChI=1S/C11H21NO/c1-3-10-7-12-8-11(2,13-10)9-5-4-6-9/h9-10,12H,3-8H2,1-2H3. The number of morpholine rings is 1. The fourth-order valence-electron chi connectivity index (χ4n) is 2.43. The molecular formula is C11H21NO. The summed E-state index contributed by atoms with van der Waals surface area (Å²) in [5.74, 6) is 0.814. The molecule has 0 radical (unpaired) electrons. The Balaban J connectivity index is 1.95. The van der Waals surface area contributed by atoms with Gasteiger partial charge in [0.25, 0.3) is 0 Å². The van der Waals surface area contributed by atoms with E-state index in [1.54, 1.807) is 0 Å². The highest BCUT2D eigenvalue weighted by molar-refractivity contribution is 4.94. The minimum Gasteiger partial charge on any atom is -0.369 e. The average Bonchev–Trinajstić information content (AvgIpc) is 2.00. The quantitative estimate of drug-likeness (QED) is 0.706. The van der Waals surface area contributed by atoms with Crippen molar-refractivity contribution in [3.8, 4) is 0 Å². The number of hydrogen-bond donors (Lipinski definition) is 1. The Labute approximate surface area is 81.0 Å². The van der Waals surface area contributed by atoms with Gasteiger partial charge in [-0.05, 0) is 32.1 Å². The van der Waals surface area contributed by atoms with E-state index in [4.69, 9.17) is 4.74 Å². The third-order valence-corrected chi connectivity index (χ3v) is 3.71. The number of hydrogen-bond acceptors (Lipinski definition) is 2. The highest BCUT2D eigenvalue weighted by Gasteiger charge is 2.42. The van der Waals surface area contributed by atoms with Crippen molar-refractivity contribution in [2.45, 2.75) is 51.2 Å². The molecule has 1 aliphatic carbocycles. The molecule has 2 aliphatic rings. The average molecular weight is 183 g/mol. The van der Waals surface area contributed by atoms with Crippen molar-refractivity contribution in [1.82, 2.24) is 5.32 Å². The Morgan fingerprint density at radius 2 is 2.23 bits per heavy atom. The molecule has 2 rings (SSSR count). The smallest absolute Gasteiger partial charge is 0.0810 e. The molecular weight excluding hydrogens is 162 g/mol. The number of rotatable bonds is 2.